The van der Waals surface area contributed by atoms with Crippen molar-refractivity contribution in [3.63, 3.8) is 0 Å². The Morgan fingerprint density at radius 1 is 1.00 bits per heavy atom. The highest BCUT2D eigenvalue weighted by Gasteiger charge is 2.32. The first kappa shape index (κ1) is 14.6. The van der Waals surface area contributed by atoms with Crippen LogP contribution in [0.4, 0.5) is 14.5 Å². The predicted octanol–water partition coefficient (Wildman–Crippen LogP) is 5.83. The molecular formula is C16H13Cl2F2N. The van der Waals surface area contributed by atoms with Crippen LogP contribution in [-0.4, -0.2) is 0 Å². The molecule has 1 saturated carbocycles. The topological polar surface area (TPSA) is 12.0 Å². The third-order valence-corrected chi connectivity index (χ3v) is 4.18. The Balaban J connectivity index is 1.87. The number of anilines is 1. The van der Waals surface area contributed by atoms with Gasteiger partial charge in [0.2, 0.25) is 0 Å². The molecule has 1 aliphatic carbocycles. The van der Waals surface area contributed by atoms with E-state index in [1.54, 1.807) is 12.1 Å². The van der Waals surface area contributed by atoms with Crippen molar-refractivity contribution in [1.82, 2.24) is 0 Å². The van der Waals surface area contributed by atoms with Gasteiger partial charge in [0, 0.05) is 5.69 Å². The number of hydrogen-bond acceptors (Lipinski definition) is 1. The van der Waals surface area contributed by atoms with Crippen molar-refractivity contribution in [2.45, 2.75) is 18.9 Å². The van der Waals surface area contributed by atoms with Crippen LogP contribution in [-0.2, 0) is 0 Å². The molecule has 21 heavy (non-hydrogen) atoms. The fourth-order valence-electron chi connectivity index (χ4n) is 2.39. The zero-order chi connectivity index (χ0) is 15.0. The first-order chi connectivity index (χ1) is 10.0. The molecular weight excluding hydrogens is 315 g/mol. The molecule has 0 radical (unpaired) electrons. The Hall–Kier alpha value is -1.32. The van der Waals surface area contributed by atoms with Crippen LogP contribution in [0, 0.1) is 17.6 Å². The Kier molecular flexibility index (Phi) is 4.05. The molecule has 1 atom stereocenters. The summed E-state index contributed by atoms with van der Waals surface area (Å²) in [4.78, 5) is 0. The molecule has 1 N–H and O–H groups in total. The second-order valence-electron chi connectivity index (χ2n) is 5.26. The first-order valence-electron chi connectivity index (χ1n) is 6.71. The number of nitrogens with one attached hydrogen (secondary N) is 1. The van der Waals surface area contributed by atoms with E-state index in [1.807, 2.05) is 0 Å². The van der Waals surface area contributed by atoms with Crippen molar-refractivity contribution in [2.75, 3.05) is 5.32 Å². The van der Waals surface area contributed by atoms with Gasteiger partial charge < -0.3 is 5.32 Å². The van der Waals surface area contributed by atoms with Crippen LogP contribution >= 0.6 is 23.2 Å². The second-order valence-corrected chi connectivity index (χ2v) is 6.08. The minimum atomic E-state index is -0.617. The fraction of sp³-hybridized carbons (Fsp3) is 0.250. The van der Waals surface area contributed by atoms with Gasteiger partial charge in [0.15, 0.2) is 5.82 Å². The van der Waals surface area contributed by atoms with Crippen molar-refractivity contribution in [3.05, 3.63) is 63.6 Å². The van der Waals surface area contributed by atoms with E-state index in [9.17, 15) is 8.78 Å². The largest absolute Gasteiger partial charge is 0.378 e. The van der Waals surface area contributed by atoms with E-state index in [-0.39, 0.29) is 21.9 Å². The minimum Gasteiger partial charge on any atom is -0.378 e. The van der Waals surface area contributed by atoms with E-state index in [4.69, 9.17) is 23.2 Å². The normalized spacial score (nSPS) is 15.8. The minimum absolute atomic E-state index is 0.0151. The summed E-state index contributed by atoms with van der Waals surface area (Å²) in [6, 6.07) is 9.48. The van der Waals surface area contributed by atoms with Crippen molar-refractivity contribution in [2.24, 2.45) is 5.92 Å². The maximum atomic E-state index is 13.5. The Labute approximate surface area is 131 Å². The maximum absolute atomic E-state index is 13.5. The van der Waals surface area contributed by atoms with Crippen molar-refractivity contribution >= 4 is 28.9 Å². The van der Waals surface area contributed by atoms with Crippen molar-refractivity contribution < 1.29 is 8.78 Å². The summed E-state index contributed by atoms with van der Waals surface area (Å²) in [6.45, 7) is 0. The molecule has 0 spiro atoms. The summed E-state index contributed by atoms with van der Waals surface area (Å²) >= 11 is 11.6. The lowest BCUT2D eigenvalue weighted by Crippen LogP contribution is -2.13. The van der Waals surface area contributed by atoms with Gasteiger partial charge in [-0.25, -0.2) is 8.78 Å². The zero-order valence-corrected chi connectivity index (χ0v) is 12.6. The third kappa shape index (κ3) is 3.30. The van der Waals surface area contributed by atoms with Gasteiger partial charge in [-0.3, -0.25) is 0 Å². The van der Waals surface area contributed by atoms with Gasteiger partial charge in [0.05, 0.1) is 16.1 Å². The van der Waals surface area contributed by atoms with Gasteiger partial charge in [0.1, 0.15) is 5.82 Å². The van der Waals surface area contributed by atoms with Crippen molar-refractivity contribution in [1.29, 1.82) is 0 Å². The van der Waals surface area contributed by atoms with Crippen LogP contribution < -0.4 is 5.32 Å². The summed E-state index contributed by atoms with van der Waals surface area (Å²) in [6.07, 6.45) is 2.22. The lowest BCUT2D eigenvalue weighted by Gasteiger charge is -2.20. The monoisotopic (exact) mass is 327 g/mol. The number of rotatable bonds is 4. The molecule has 110 valence electrons. The molecule has 2 aromatic rings. The van der Waals surface area contributed by atoms with Crippen LogP contribution in [0.15, 0.2) is 36.4 Å². The second kappa shape index (κ2) is 5.82. The van der Waals surface area contributed by atoms with Gasteiger partial charge in [-0.1, -0.05) is 35.3 Å². The standard InChI is InChI=1S/C16H13Cl2F2N/c17-13-7-12(8-14(18)15(13)20)21-16(9-1-2-9)10-3-5-11(19)6-4-10/h3-9,16,21H,1-2H2. The Morgan fingerprint density at radius 2 is 1.57 bits per heavy atom. The first-order valence-corrected chi connectivity index (χ1v) is 7.47. The summed E-state index contributed by atoms with van der Waals surface area (Å²) in [5, 5.41) is 3.30. The number of hydrogen-bond donors (Lipinski definition) is 1. The predicted molar refractivity (Wildman–Crippen MR) is 81.9 cm³/mol. The molecule has 2 aromatic carbocycles. The highest BCUT2D eigenvalue weighted by atomic mass is 35.5. The molecule has 0 aliphatic heterocycles. The van der Waals surface area contributed by atoms with E-state index in [0.717, 1.165) is 18.4 Å². The molecule has 3 rings (SSSR count). The van der Waals surface area contributed by atoms with Gasteiger partial charge in [-0.2, -0.15) is 0 Å². The number of halogens is 4. The lowest BCUT2D eigenvalue weighted by atomic mass is 10.0. The summed E-state index contributed by atoms with van der Waals surface area (Å²) < 4.78 is 26.5. The molecule has 5 heteroatoms. The zero-order valence-electron chi connectivity index (χ0n) is 11.0. The molecule has 1 unspecified atom stereocenters. The van der Waals surface area contributed by atoms with Crippen molar-refractivity contribution in [3.8, 4) is 0 Å². The van der Waals surface area contributed by atoms with E-state index in [2.05, 4.69) is 5.32 Å². The molecule has 0 amide bonds. The average molecular weight is 328 g/mol. The van der Waals surface area contributed by atoms with E-state index in [1.165, 1.54) is 24.3 Å². The van der Waals surface area contributed by atoms with E-state index < -0.39 is 5.82 Å². The van der Waals surface area contributed by atoms with Crippen LogP contribution in [0.3, 0.4) is 0 Å². The van der Waals surface area contributed by atoms with Gasteiger partial charge in [0.25, 0.3) is 0 Å². The van der Waals surface area contributed by atoms with Crippen LogP contribution in [0.25, 0.3) is 0 Å². The van der Waals surface area contributed by atoms with Crippen LogP contribution in [0.5, 0.6) is 0 Å². The maximum Gasteiger partial charge on any atom is 0.160 e. The molecule has 1 fully saturated rings. The smallest absolute Gasteiger partial charge is 0.160 e. The van der Waals surface area contributed by atoms with E-state index in [0.29, 0.717) is 11.6 Å². The van der Waals surface area contributed by atoms with Gasteiger partial charge in [-0.15, -0.1) is 0 Å². The highest BCUT2D eigenvalue weighted by Crippen LogP contribution is 2.43. The Morgan fingerprint density at radius 3 is 2.10 bits per heavy atom. The van der Waals surface area contributed by atoms with E-state index >= 15 is 0 Å². The summed E-state index contributed by atoms with van der Waals surface area (Å²) in [7, 11) is 0. The summed E-state index contributed by atoms with van der Waals surface area (Å²) in [5.41, 5.74) is 1.66. The van der Waals surface area contributed by atoms with Gasteiger partial charge >= 0.3 is 0 Å². The molecule has 0 heterocycles. The fourth-order valence-corrected chi connectivity index (χ4v) is 2.88. The van der Waals surface area contributed by atoms with Crippen LogP contribution in [0.1, 0.15) is 24.4 Å². The molecule has 0 bridgehead atoms. The average Bonchev–Trinajstić information content (AvgIpc) is 3.28. The molecule has 0 saturated heterocycles. The molecule has 1 aliphatic rings. The van der Waals surface area contributed by atoms with Gasteiger partial charge in [-0.05, 0) is 48.6 Å². The summed E-state index contributed by atoms with van der Waals surface area (Å²) in [5.74, 6) is -0.395. The SMILES string of the molecule is Fc1ccc(C(Nc2cc(Cl)c(F)c(Cl)c2)C2CC2)cc1. The van der Waals surface area contributed by atoms with Crippen LogP contribution in [0.2, 0.25) is 10.0 Å². The number of benzene rings is 2. The molecule has 0 aromatic heterocycles. The Bertz CT molecular complexity index is 631. The molecule has 1 nitrogen and oxygen atoms in total. The third-order valence-electron chi connectivity index (χ3n) is 3.63. The quantitative estimate of drug-likeness (QED) is 0.696. The lowest BCUT2D eigenvalue weighted by molar-refractivity contribution is 0.621. The highest BCUT2D eigenvalue weighted by molar-refractivity contribution is 6.35.